The molecule has 0 saturated carbocycles. The lowest BCUT2D eigenvalue weighted by molar-refractivity contribution is 0.0954. The number of hydrogen-bond donors (Lipinski definition) is 1. The molecule has 0 spiro atoms. The first-order valence-corrected chi connectivity index (χ1v) is 6.77. The van der Waals surface area contributed by atoms with Gasteiger partial charge in [-0.15, -0.1) is 11.3 Å². The fourth-order valence-corrected chi connectivity index (χ4v) is 2.70. The lowest BCUT2D eigenvalue weighted by atomic mass is 10.3. The number of nitrogens with one attached hydrogen (secondary N) is 1. The van der Waals surface area contributed by atoms with Crippen LogP contribution in [0.5, 0.6) is 0 Å². The van der Waals surface area contributed by atoms with Crippen LogP contribution in [0.15, 0.2) is 18.2 Å². The highest BCUT2D eigenvalue weighted by molar-refractivity contribution is 7.14. The molecule has 2 aromatic heterocycles. The molecule has 0 aliphatic rings. The zero-order chi connectivity index (χ0) is 13.8. The number of aryl methyl sites for hydroxylation is 2. The molecule has 0 atom stereocenters. The third-order valence-corrected chi connectivity index (χ3v) is 3.76. The third-order valence-electron chi connectivity index (χ3n) is 2.70. The maximum Gasteiger partial charge on any atom is 0.261 e. The summed E-state index contributed by atoms with van der Waals surface area (Å²) in [5, 5.41) is 7.14. The zero-order valence-corrected chi connectivity index (χ0v) is 12.1. The topological polar surface area (TPSA) is 56.1 Å². The van der Waals surface area contributed by atoms with E-state index >= 15 is 0 Å². The van der Waals surface area contributed by atoms with Crippen molar-refractivity contribution in [1.29, 1.82) is 0 Å². The highest BCUT2D eigenvalue weighted by Gasteiger charge is 2.10. The molecule has 0 radical (unpaired) electrons. The van der Waals surface area contributed by atoms with Crippen molar-refractivity contribution in [3.63, 3.8) is 0 Å². The molecule has 1 N–H and O–H groups in total. The fraction of sp³-hybridized carbons (Fsp3) is 0.385. The quantitative estimate of drug-likeness (QED) is 0.909. The Kier molecular flexibility index (Phi) is 4.34. The van der Waals surface area contributed by atoms with E-state index in [0.717, 1.165) is 16.3 Å². The second kappa shape index (κ2) is 5.99. The molecule has 2 rings (SSSR count). The van der Waals surface area contributed by atoms with E-state index in [1.807, 2.05) is 32.2 Å². The van der Waals surface area contributed by atoms with Crippen LogP contribution in [0.1, 0.15) is 25.9 Å². The second-order valence-corrected chi connectivity index (χ2v) is 5.45. The van der Waals surface area contributed by atoms with Gasteiger partial charge in [-0.2, -0.15) is 5.10 Å². The van der Waals surface area contributed by atoms with Crippen molar-refractivity contribution in [2.24, 2.45) is 7.05 Å². The average molecular weight is 279 g/mol. The Bertz CT molecular complexity index is 574. The first kappa shape index (κ1) is 13.8. The van der Waals surface area contributed by atoms with Gasteiger partial charge in [0.1, 0.15) is 0 Å². The van der Waals surface area contributed by atoms with Crippen LogP contribution in [0.3, 0.4) is 0 Å². The predicted octanol–water partition coefficient (Wildman–Crippen LogP) is 1.87. The number of nitrogens with zero attached hydrogens (tertiary/aromatic N) is 2. The molecule has 0 unspecified atom stereocenters. The number of carbonyl (C=O) groups excluding carboxylic acids is 1. The molecule has 2 aromatic rings. The van der Waals surface area contributed by atoms with E-state index in [-0.39, 0.29) is 5.91 Å². The Morgan fingerprint density at radius 2 is 2.32 bits per heavy atom. The van der Waals surface area contributed by atoms with Crippen LogP contribution in [0, 0.1) is 6.92 Å². The third kappa shape index (κ3) is 3.42. The average Bonchev–Trinajstić information content (AvgIpc) is 2.94. The van der Waals surface area contributed by atoms with Gasteiger partial charge in [0.05, 0.1) is 29.4 Å². The number of aromatic nitrogens is 2. The van der Waals surface area contributed by atoms with E-state index < -0.39 is 0 Å². The Morgan fingerprint density at radius 3 is 2.95 bits per heavy atom. The maximum absolute atomic E-state index is 12.0. The minimum Gasteiger partial charge on any atom is -0.379 e. The summed E-state index contributed by atoms with van der Waals surface area (Å²) in [6.07, 6.45) is 0. The van der Waals surface area contributed by atoms with Crippen LogP contribution in [-0.4, -0.2) is 22.8 Å². The summed E-state index contributed by atoms with van der Waals surface area (Å²) < 4.78 is 6.81. The molecule has 0 aliphatic heterocycles. The van der Waals surface area contributed by atoms with Gasteiger partial charge in [-0.1, -0.05) is 0 Å². The monoisotopic (exact) mass is 279 g/mol. The minimum atomic E-state index is -0.0637. The van der Waals surface area contributed by atoms with E-state index in [2.05, 4.69) is 10.4 Å². The van der Waals surface area contributed by atoms with Crippen LogP contribution in [-0.2, 0) is 24.9 Å². The van der Waals surface area contributed by atoms with Crippen molar-refractivity contribution in [3.8, 4) is 0 Å². The number of rotatable bonds is 5. The van der Waals surface area contributed by atoms with Crippen LogP contribution >= 0.6 is 11.3 Å². The minimum absolute atomic E-state index is 0.0637. The largest absolute Gasteiger partial charge is 0.379 e. The maximum atomic E-state index is 12.0. The molecule has 0 aliphatic carbocycles. The van der Waals surface area contributed by atoms with Crippen molar-refractivity contribution in [1.82, 2.24) is 15.1 Å². The molecule has 19 heavy (non-hydrogen) atoms. The summed E-state index contributed by atoms with van der Waals surface area (Å²) >= 11 is 1.45. The fourth-order valence-electron chi connectivity index (χ4n) is 1.81. The molecule has 5 nitrogen and oxygen atoms in total. The zero-order valence-electron chi connectivity index (χ0n) is 11.3. The van der Waals surface area contributed by atoms with Gasteiger partial charge in [-0.25, -0.2) is 0 Å². The van der Waals surface area contributed by atoms with Gasteiger partial charge in [0.15, 0.2) is 0 Å². The van der Waals surface area contributed by atoms with Crippen molar-refractivity contribution in [2.45, 2.75) is 20.1 Å². The summed E-state index contributed by atoms with van der Waals surface area (Å²) in [7, 11) is 3.51. The highest BCUT2D eigenvalue weighted by atomic mass is 32.1. The van der Waals surface area contributed by atoms with Gasteiger partial charge in [0.2, 0.25) is 0 Å². The molecule has 1 amide bonds. The number of hydrogen-bond acceptors (Lipinski definition) is 4. The Balaban J connectivity index is 1.95. The molecule has 0 saturated heterocycles. The number of carbonyl (C=O) groups is 1. The van der Waals surface area contributed by atoms with E-state index in [4.69, 9.17) is 4.74 Å². The number of ether oxygens (including phenoxy) is 1. The van der Waals surface area contributed by atoms with Gasteiger partial charge in [-0.3, -0.25) is 9.48 Å². The molecule has 102 valence electrons. The van der Waals surface area contributed by atoms with Crippen molar-refractivity contribution in [2.75, 3.05) is 7.11 Å². The van der Waals surface area contributed by atoms with E-state index in [1.54, 1.807) is 11.8 Å². The van der Waals surface area contributed by atoms with Gasteiger partial charge in [-0.05, 0) is 25.1 Å². The molecular weight excluding hydrogens is 262 g/mol. The summed E-state index contributed by atoms with van der Waals surface area (Å²) in [5.41, 5.74) is 1.93. The molecule has 2 heterocycles. The Hall–Kier alpha value is -1.66. The van der Waals surface area contributed by atoms with Gasteiger partial charge in [0.25, 0.3) is 5.91 Å². The Labute approximate surface area is 116 Å². The van der Waals surface area contributed by atoms with Crippen LogP contribution in [0.2, 0.25) is 0 Å². The second-order valence-electron chi connectivity index (χ2n) is 4.28. The summed E-state index contributed by atoms with van der Waals surface area (Å²) in [4.78, 5) is 13.7. The first-order chi connectivity index (χ1) is 9.10. The number of methoxy groups -OCH3 is 1. The van der Waals surface area contributed by atoms with E-state index in [9.17, 15) is 4.79 Å². The van der Waals surface area contributed by atoms with Crippen LogP contribution in [0.4, 0.5) is 0 Å². The number of amides is 1. The van der Waals surface area contributed by atoms with Crippen molar-refractivity contribution in [3.05, 3.63) is 39.3 Å². The van der Waals surface area contributed by atoms with Gasteiger partial charge >= 0.3 is 0 Å². The van der Waals surface area contributed by atoms with E-state index in [1.165, 1.54) is 11.3 Å². The smallest absolute Gasteiger partial charge is 0.261 e. The summed E-state index contributed by atoms with van der Waals surface area (Å²) in [5.74, 6) is -0.0637. The molecular formula is C13H17N3O2S. The van der Waals surface area contributed by atoms with Crippen LogP contribution in [0.25, 0.3) is 0 Å². The first-order valence-electron chi connectivity index (χ1n) is 5.95. The lowest BCUT2D eigenvalue weighted by Crippen LogP contribution is -2.23. The molecule has 0 aromatic carbocycles. The standard InChI is InChI=1S/C13H17N3O2S/c1-9-6-10(16(2)15-9)7-14-13(17)12-5-4-11(19-12)8-18-3/h4-6H,7-8H2,1-3H3,(H,14,17). The molecule has 6 heteroatoms. The normalized spacial score (nSPS) is 10.7. The Morgan fingerprint density at radius 1 is 1.53 bits per heavy atom. The SMILES string of the molecule is COCc1ccc(C(=O)NCc2cc(C)nn2C)s1. The molecule has 0 fully saturated rings. The summed E-state index contributed by atoms with van der Waals surface area (Å²) in [6.45, 7) is 2.95. The lowest BCUT2D eigenvalue weighted by Gasteiger charge is -2.03. The van der Waals surface area contributed by atoms with Crippen LogP contribution < -0.4 is 5.32 Å². The van der Waals surface area contributed by atoms with Crippen molar-refractivity contribution < 1.29 is 9.53 Å². The molecule has 0 bridgehead atoms. The van der Waals surface area contributed by atoms with Gasteiger partial charge < -0.3 is 10.1 Å². The highest BCUT2D eigenvalue weighted by Crippen LogP contribution is 2.17. The predicted molar refractivity (Wildman–Crippen MR) is 74.1 cm³/mol. The number of thiophene rings is 1. The van der Waals surface area contributed by atoms with Gasteiger partial charge in [0, 0.05) is 19.0 Å². The summed E-state index contributed by atoms with van der Waals surface area (Å²) in [6, 6.07) is 5.70. The van der Waals surface area contributed by atoms with E-state index in [0.29, 0.717) is 18.0 Å². The van der Waals surface area contributed by atoms with Crippen molar-refractivity contribution >= 4 is 17.2 Å².